The minimum atomic E-state index is -0.340. The summed E-state index contributed by atoms with van der Waals surface area (Å²) in [6.07, 6.45) is 0.744. The molecule has 0 radical (unpaired) electrons. The molecular weight excluding hydrogens is 342 g/mol. The number of nitrogens with zero attached hydrogens (tertiary/aromatic N) is 1. The van der Waals surface area contributed by atoms with Crippen molar-refractivity contribution >= 4 is 22.8 Å². The standard InChI is InChI=1S/C21H21N3O3/c1-11-14-10-26-21(2,3)9-13(14)15-17-18(27-19(15)22-11)16(23-20(25)24-17)12-7-5-4-6-8-12/h4-8,16H,9-10H2,1-3H3,(H2,23,24,25). The monoisotopic (exact) mass is 363 g/mol. The van der Waals surface area contributed by atoms with Gasteiger partial charge in [0.2, 0.25) is 5.71 Å². The van der Waals surface area contributed by atoms with Gasteiger partial charge < -0.3 is 19.8 Å². The third kappa shape index (κ3) is 2.51. The number of carbonyl (C=O) groups excluding carboxylic acids is 1. The number of nitrogens with one attached hydrogen (secondary N) is 2. The van der Waals surface area contributed by atoms with Gasteiger partial charge in [0.15, 0.2) is 5.76 Å². The molecule has 2 amide bonds. The number of rotatable bonds is 1. The lowest BCUT2D eigenvalue weighted by atomic mass is 9.88. The minimum Gasteiger partial charge on any atom is -0.438 e. The number of urea groups is 1. The van der Waals surface area contributed by atoms with Gasteiger partial charge in [0, 0.05) is 17.7 Å². The van der Waals surface area contributed by atoms with Crippen LogP contribution in [0.3, 0.4) is 0 Å². The number of benzene rings is 1. The first-order valence-electron chi connectivity index (χ1n) is 9.14. The van der Waals surface area contributed by atoms with Gasteiger partial charge in [-0.3, -0.25) is 0 Å². The van der Waals surface area contributed by atoms with Crippen molar-refractivity contribution in [3.63, 3.8) is 0 Å². The van der Waals surface area contributed by atoms with Crippen molar-refractivity contribution in [2.45, 2.75) is 45.4 Å². The molecule has 2 aromatic heterocycles. The number of furan rings is 1. The van der Waals surface area contributed by atoms with E-state index in [-0.39, 0.29) is 17.7 Å². The molecule has 0 bridgehead atoms. The second kappa shape index (κ2) is 5.57. The molecule has 0 saturated carbocycles. The molecular formula is C21H21N3O3. The van der Waals surface area contributed by atoms with Crippen LogP contribution in [-0.2, 0) is 17.8 Å². The summed E-state index contributed by atoms with van der Waals surface area (Å²) in [6.45, 7) is 6.66. The highest BCUT2D eigenvalue weighted by molar-refractivity contribution is 6.04. The molecule has 2 N–H and O–H groups in total. The second-order valence-corrected chi connectivity index (χ2v) is 7.84. The molecule has 0 spiro atoms. The zero-order chi connectivity index (χ0) is 18.8. The average molecular weight is 363 g/mol. The maximum absolute atomic E-state index is 12.4. The molecule has 1 aromatic carbocycles. The molecule has 6 nitrogen and oxygen atoms in total. The van der Waals surface area contributed by atoms with E-state index in [1.807, 2.05) is 37.3 Å². The van der Waals surface area contributed by atoms with E-state index in [4.69, 9.17) is 9.15 Å². The zero-order valence-corrected chi connectivity index (χ0v) is 15.6. The van der Waals surface area contributed by atoms with Gasteiger partial charge in [-0.1, -0.05) is 30.3 Å². The van der Waals surface area contributed by atoms with Gasteiger partial charge in [-0.15, -0.1) is 0 Å². The lowest BCUT2D eigenvalue weighted by Crippen LogP contribution is -2.38. The van der Waals surface area contributed by atoms with Crippen LogP contribution in [0.4, 0.5) is 10.5 Å². The Morgan fingerprint density at radius 1 is 1.19 bits per heavy atom. The average Bonchev–Trinajstić information content (AvgIpc) is 2.99. The van der Waals surface area contributed by atoms with Crippen LogP contribution in [0.5, 0.6) is 0 Å². The SMILES string of the molecule is Cc1nc2oc3c(c2c2c1COC(C)(C)C2)NC(=O)NC3c1ccccc1. The molecule has 138 valence electrons. The third-order valence-electron chi connectivity index (χ3n) is 5.41. The molecule has 0 fully saturated rings. The number of amides is 2. The molecule has 4 heterocycles. The summed E-state index contributed by atoms with van der Waals surface area (Å²) >= 11 is 0. The van der Waals surface area contributed by atoms with Crippen LogP contribution in [0, 0.1) is 6.92 Å². The highest BCUT2D eigenvalue weighted by atomic mass is 16.5. The van der Waals surface area contributed by atoms with Gasteiger partial charge in [-0.05, 0) is 31.9 Å². The Balaban J connectivity index is 1.77. The summed E-state index contributed by atoms with van der Waals surface area (Å²) in [6, 6.07) is 9.26. The largest absolute Gasteiger partial charge is 0.438 e. The summed E-state index contributed by atoms with van der Waals surface area (Å²) in [5.41, 5.74) is 5.16. The lowest BCUT2D eigenvalue weighted by Gasteiger charge is -2.33. The van der Waals surface area contributed by atoms with Crippen molar-refractivity contribution in [1.82, 2.24) is 10.3 Å². The number of fused-ring (bicyclic) bond motifs is 5. The second-order valence-electron chi connectivity index (χ2n) is 7.84. The van der Waals surface area contributed by atoms with Gasteiger partial charge in [-0.2, -0.15) is 0 Å². The predicted molar refractivity (Wildman–Crippen MR) is 102 cm³/mol. The van der Waals surface area contributed by atoms with Gasteiger partial charge in [0.25, 0.3) is 0 Å². The van der Waals surface area contributed by atoms with Crippen LogP contribution in [-0.4, -0.2) is 16.6 Å². The topological polar surface area (TPSA) is 76.4 Å². The van der Waals surface area contributed by atoms with Crippen molar-refractivity contribution in [2.24, 2.45) is 0 Å². The molecule has 1 unspecified atom stereocenters. The zero-order valence-electron chi connectivity index (χ0n) is 15.6. The molecule has 2 aliphatic rings. The highest BCUT2D eigenvalue weighted by Gasteiger charge is 2.36. The molecule has 27 heavy (non-hydrogen) atoms. The van der Waals surface area contributed by atoms with E-state index in [2.05, 4.69) is 29.5 Å². The molecule has 2 aliphatic heterocycles. The van der Waals surface area contributed by atoms with Crippen molar-refractivity contribution in [2.75, 3.05) is 5.32 Å². The maximum Gasteiger partial charge on any atom is 0.320 e. The number of anilines is 1. The first-order valence-corrected chi connectivity index (χ1v) is 9.14. The van der Waals surface area contributed by atoms with Crippen LogP contribution in [0.2, 0.25) is 0 Å². The van der Waals surface area contributed by atoms with Crippen LogP contribution in [0.25, 0.3) is 11.1 Å². The Morgan fingerprint density at radius 2 is 1.96 bits per heavy atom. The Bertz CT molecular complexity index is 1070. The molecule has 5 rings (SSSR count). The van der Waals surface area contributed by atoms with Crippen molar-refractivity contribution < 1.29 is 13.9 Å². The number of aryl methyl sites for hydroxylation is 1. The Labute approximate surface area is 156 Å². The molecule has 0 aliphatic carbocycles. The normalized spacial score (nSPS) is 20.6. The molecule has 1 atom stereocenters. The first-order chi connectivity index (χ1) is 12.9. The van der Waals surface area contributed by atoms with Crippen LogP contribution >= 0.6 is 0 Å². The smallest absolute Gasteiger partial charge is 0.320 e. The number of carbonyl (C=O) groups is 1. The van der Waals surface area contributed by atoms with Crippen LogP contribution in [0.15, 0.2) is 34.7 Å². The van der Waals surface area contributed by atoms with E-state index in [0.29, 0.717) is 18.1 Å². The fraction of sp³-hybridized carbons (Fsp3) is 0.333. The number of hydrogen-bond acceptors (Lipinski definition) is 4. The van der Waals surface area contributed by atoms with Gasteiger partial charge >= 0.3 is 6.03 Å². The Kier molecular flexibility index (Phi) is 3.37. The molecule has 0 saturated heterocycles. The van der Waals surface area contributed by atoms with Crippen LogP contribution < -0.4 is 10.6 Å². The summed E-state index contributed by atoms with van der Waals surface area (Å²) in [7, 11) is 0. The van der Waals surface area contributed by atoms with Crippen molar-refractivity contribution in [1.29, 1.82) is 0 Å². The number of aromatic nitrogens is 1. The highest BCUT2D eigenvalue weighted by Crippen LogP contribution is 2.44. The van der Waals surface area contributed by atoms with E-state index in [9.17, 15) is 4.79 Å². The summed E-state index contributed by atoms with van der Waals surface area (Å²) in [4.78, 5) is 17.1. The molecule has 3 aromatic rings. The Hall–Kier alpha value is -2.86. The lowest BCUT2D eigenvalue weighted by molar-refractivity contribution is -0.0400. The minimum absolute atomic E-state index is 0.236. The van der Waals surface area contributed by atoms with Gasteiger partial charge in [0.1, 0.15) is 6.04 Å². The quantitative estimate of drug-likeness (QED) is 0.679. The van der Waals surface area contributed by atoms with E-state index < -0.39 is 0 Å². The number of pyridine rings is 1. The number of ether oxygens (including phenoxy) is 1. The maximum atomic E-state index is 12.4. The number of hydrogen-bond donors (Lipinski definition) is 2. The van der Waals surface area contributed by atoms with Gasteiger partial charge in [-0.25, -0.2) is 9.78 Å². The summed E-state index contributed by atoms with van der Waals surface area (Å²) < 4.78 is 12.2. The van der Waals surface area contributed by atoms with Crippen LogP contribution in [0.1, 0.15) is 48.0 Å². The fourth-order valence-corrected chi connectivity index (χ4v) is 4.07. The van der Waals surface area contributed by atoms with Crippen molar-refractivity contribution in [3.05, 3.63) is 58.5 Å². The van der Waals surface area contributed by atoms with Gasteiger partial charge in [0.05, 0.1) is 23.3 Å². The fourth-order valence-electron chi connectivity index (χ4n) is 4.07. The van der Waals surface area contributed by atoms with E-state index in [0.717, 1.165) is 39.9 Å². The summed E-state index contributed by atoms with van der Waals surface area (Å²) in [5, 5.41) is 6.82. The third-order valence-corrected chi connectivity index (χ3v) is 5.41. The summed E-state index contributed by atoms with van der Waals surface area (Å²) in [5.74, 6) is 0.695. The first kappa shape index (κ1) is 16.3. The predicted octanol–water partition coefficient (Wildman–Crippen LogP) is 4.21. The van der Waals surface area contributed by atoms with E-state index >= 15 is 0 Å². The molecule has 6 heteroatoms. The van der Waals surface area contributed by atoms with Crippen molar-refractivity contribution in [3.8, 4) is 0 Å². The van der Waals surface area contributed by atoms with E-state index in [1.165, 1.54) is 0 Å². The van der Waals surface area contributed by atoms with E-state index in [1.54, 1.807) is 0 Å². The Morgan fingerprint density at radius 3 is 2.74 bits per heavy atom.